The molecule has 0 unspecified atom stereocenters. The molecule has 0 saturated heterocycles. The molecule has 22 heavy (non-hydrogen) atoms. The highest BCUT2D eigenvalue weighted by Crippen LogP contribution is 2.13. The van der Waals surface area contributed by atoms with Crippen LogP contribution >= 0.6 is 0 Å². The van der Waals surface area contributed by atoms with Crippen LogP contribution in [0, 0.1) is 0 Å². The van der Waals surface area contributed by atoms with Crippen molar-refractivity contribution in [2.75, 3.05) is 5.32 Å². The maximum Gasteiger partial charge on any atom is 0.303 e. The van der Waals surface area contributed by atoms with Crippen LogP contribution in [0.4, 0.5) is 5.69 Å². The molecule has 0 radical (unpaired) electrons. The van der Waals surface area contributed by atoms with E-state index in [0.29, 0.717) is 11.3 Å². The minimum Gasteiger partial charge on any atom is -0.481 e. The number of carbonyl (C=O) groups excluding carboxylic acids is 1. The zero-order chi connectivity index (χ0) is 16.5. The van der Waals surface area contributed by atoms with Crippen LogP contribution in [-0.4, -0.2) is 39.0 Å². The number of carboxylic acid groups (broad SMARTS) is 2. The van der Waals surface area contributed by atoms with Crippen molar-refractivity contribution >= 4 is 29.2 Å². The first-order valence-corrected chi connectivity index (χ1v) is 6.47. The van der Waals surface area contributed by atoms with Gasteiger partial charge in [-0.3, -0.25) is 14.4 Å². The number of carboxylic acids is 2. The summed E-state index contributed by atoms with van der Waals surface area (Å²) in [4.78, 5) is 32.3. The number of hydrogen-bond acceptors (Lipinski definition) is 5. The summed E-state index contributed by atoms with van der Waals surface area (Å²) in [6.45, 7) is 0. The topological polar surface area (TPSA) is 136 Å². The smallest absolute Gasteiger partial charge is 0.303 e. The van der Waals surface area contributed by atoms with Crippen molar-refractivity contribution in [2.24, 2.45) is 5.16 Å². The Morgan fingerprint density at radius 2 is 1.45 bits per heavy atom. The molecule has 0 heterocycles. The predicted molar refractivity (Wildman–Crippen MR) is 77.1 cm³/mol. The van der Waals surface area contributed by atoms with E-state index in [0.717, 1.165) is 0 Å². The Kier molecular flexibility index (Phi) is 6.55. The lowest BCUT2D eigenvalue weighted by molar-refractivity contribution is -0.138. The van der Waals surface area contributed by atoms with Gasteiger partial charge in [0.15, 0.2) is 0 Å². The second kappa shape index (κ2) is 8.40. The summed E-state index contributed by atoms with van der Waals surface area (Å²) in [5, 5.41) is 31.6. The Morgan fingerprint density at radius 3 is 1.95 bits per heavy atom. The lowest BCUT2D eigenvalue weighted by atomic mass is 10.1. The van der Waals surface area contributed by atoms with Gasteiger partial charge in [0.1, 0.15) is 0 Å². The van der Waals surface area contributed by atoms with E-state index in [2.05, 4.69) is 10.5 Å². The van der Waals surface area contributed by atoms with E-state index in [-0.39, 0.29) is 31.4 Å². The van der Waals surface area contributed by atoms with E-state index in [4.69, 9.17) is 15.4 Å². The molecule has 8 heteroatoms. The quantitative estimate of drug-likeness (QED) is 0.326. The Labute approximate surface area is 126 Å². The average molecular weight is 308 g/mol. The molecule has 0 saturated carbocycles. The molecule has 0 fully saturated rings. The van der Waals surface area contributed by atoms with E-state index >= 15 is 0 Å². The van der Waals surface area contributed by atoms with E-state index in [1.54, 1.807) is 24.3 Å². The molecule has 0 aliphatic carbocycles. The molecule has 0 atom stereocenters. The third-order valence-corrected chi connectivity index (χ3v) is 2.76. The third-order valence-electron chi connectivity index (χ3n) is 2.76. The van der Waals surface area contributed by atoms with Gasteiger partial charge in [-0.25, -0.2) is 0 Å². The van der Waals surface area contributed by atoms with Crippen LogP contribution < -0.4 is 5.32 Å². The van der Waals surface area contributed by atoms with Crippen molar-refractivity contribution in [1.29, 1.82) is 0 Å². The minimum atomic E-state index is -1.05. The first kappa shape index (κ1) is 17.2. The standard InChI is InChI=1S/C14H16N2O6/c17-12(6-8-14(20)21)15-10-3-1-9(2-4-10)11(16-22)5-7-13(18)19/h1-4,22H,5-8H2,(H,15,17)(H,18,19)(H,20,21)/b16-11+. The lowest BCUT2D eigenvalue weighted by Gasteiger charge is -2.07. The zero-order valence-electron chi connectivity index (χ0n) is 11.7. The first-order chi connectivity index (χ1) is 10.4. The fraction of sp³-hybridized carbons (Fsp3) is 0.286. The summed E-state index contributed by atoms with van der Waals surface area (Å²) in [5.41, 5.74) is 1.23. The van der Waals surface area contributed by atoms with Gasteiger partial charge in [-0.15, -0.1) is 0 Å². The van der Waals surface area contributed by atoms with Crippen molar-refractivity contribution in [1.82, 2.24) is 0 Å². The van der Waals surface area contributed by atoms with Gasteiger partial charge in [-0.2, -0.15) is 0 Å². The molecule has 1 aromatic carbocycles. The number of carbonyl (C=O) groups is 3. The first-order valence-electron chi connectivity index (χ1n) is 6.47. The summed E-state index contributed by atoms with van der Waals surface area (Å²) < 4.78 is 0. The number of anilines is 1. The van der Waals surface area contributed by atoms with Gasteiger partial charge < -0.3 is 20.7 Å². The Morgan fingerprint density at radius 1 is 0.909 bits per heavy atom. The highest BCUT2D eigenvalue weighted by atomic mass is 16.4. The Balaban J connectivity index is 2.63. The summed E-state index contributed by atoms with van der Waals surface area (Å²) in [6, 6.07) is 6.26. The molecule has 0 aliphatic heterocycles. The van der Waals surface area contributed by atoms with Crippen LogP contribution in [0.25, 0.3) is 0 Å². The molecule has 1 rings (SSSR count). The molecule has 0 bridgehead atoms. The number of rotatable bonds is 8. The molecule has 0 spiro atoms. The van der Waals surface area contributed by atoms with Crippen LogP contribution in [-0.2, 0) is 14.4 Å². The van der Waals surface area contributed by atoms with Gasteiger partial charge in [0.05, 0.1) is 18.6 Å². The van der Waals surface area contributed by atoms with Crippen LogP contribution in [0.1, 0.15) is 31.2 Å². The van der Waals surface area contributed by atoms with Gasteiger partial charge in [-0.1, -0.05) is 17.3 Å². The molecule has 0 aliphatic rings. The van der Waals surface area contributed by atoms with E-state index in [1.807, 2.05) is 0 Å². The number of amides is 1. The predicted octanol–water partition coefficient (Wildman–Crippen LogP) is 1.53. The average Bonchev–Trinajstić information content (AvgIpc) is 2.47. The molecule has 0 aromatic heterocycles. The van der Waals surface area contributed by atoms with E-state index < -0.39 is 17.8 Å². The van der Waals surface area contributed by atoms with Gasteiger partial charge in [0.25, 0.3) is 0 Å². The molecule has 118 valence electrons. The maximum atomic E-state index is 11.5. The van der Waals surface area contributed by atoms with Crippen molar-refractivity contribution in [3.63, 3.8) is 0 Å². The Hall–Kier alpha value is -2.90. The second-order valence-corrected chi connectivity index (χ2v) is 4.46. The number of oxime groups is 1. The van der Waals surface area contributed by atoms with Crippen LogP contribution in [0.15, 0.2) is 29.4 Å². The number of aliphatic carboxylic acids is 2. The number of nitrogens with one attached hydrogen (secondary N) is 1. The molecule has 4 N–H and O–H groups in total. The lowest BCUT2D eigenvalue weighted by Crippen LogP contribution is -2.13. The molecule has 1 aromatic rings. The van der Waals surface area contributed by atoms with Crippen molar-refractivity contribution < 1.29 is 29.8 Å². The summed E-state index contributed by atoms with van der Waals surface area (Å²) in [6.07, 6.45) is -0.456. The third kappa shape index (κ3) is 6.04. The fourth-order valence-electron chi connectivity index (χ4n) is 1.67. The molecule has 8 nitrogen and oxygen atoms in total. The number of nitrogens with zero attached hydrogens (tertiary/aromatic N) is 1. The van der Waals surface area contributed by atoms with Crippen molar-refractivity contribution in [2.45, 2.75) is 25.7 Å². The minimum absolute atomic E-state index is 0.0795. The van der Waals surface area contributed by atoms with E-state index in [9.17, 15) is 14.4 Å². The zero-order valence-corrected chi connectivity index (χ0v) is 11.7. The van der Waals surface area contributed by atoms with Gasteiger partial charge >= 0.3 is 11.9 Å². The summed E-state index contributed by atoms with van der Waals surface area (Å²) >= 11 is 0. The van der Waals surface area contributed by atoms with Crippen LogP contribution in [0.5, 0.6) is 0 Å². The highest BCUT2D eigenvalue weighted by Gasteiger charge is 2.09. The number of benzene rings is 1. The Bertz CT molecular complexity index is 580. The van der Waals surface area contributed by atoms with Gasteiger partial charge in [0, 0.05) is 18.5 Å². The summed E-state index contributed by atoms with van der Waals surface area (Å²) in [5.74, 6) is -2.46. The molecular formula is C14H16N2O6. The van der Waals surface area contributed by atoms with Gasteiger partial charge in [-0.05, 0) is 17.7 Å². The molecule has 1 amide bonds. The van der Waals surface area contributed by atoms with Crippen molar-refractivity contribution in [3.8, 4) is 0 Å². The van der Waals surface area contributed by atoms with Gasteiger partial charge in [0.2, 0.25) is 5.91 Å². The SMILES string of the molecule is O=C(O)CCC(=O)Nc1ccc(/C(CCC(=O)O)=N/O)cc1. The fourth-order valence-corrected chi connectivity index (χ4v) is 1.67. The highest BCUT2D eigenvalue weighted by molar-refractivity contribution is 6.02. The van der Waals surface area contributed by atoms with Crippen LogP contribution in [0.3, 0.4) is 0 Å². The van der Waals surface area contributed by atoms with Crippen molar-refractivity contribution in [3.05, 3.63) is 29.8 Å². The van der Waals surface area contributed by atoms with E-state index in [1.165, 1.54) is 0 Å². The maximum absolute atomic E-state index is 11.5. The monoisotopic (exact) mass is 308 g/mol. The normalized spacial score (nSPS) is 11.0. The largest absolute Gasteiger partial charge is 0.481 e. The number of hydrogen-bond donors (Lipinski definition) is 4. The summed E-state index contributed by atoms with van der Waals surface area (Å²) in [7, 11) is 0. The molecular weight excluding hydrogens is 292 g/mol. The second-order valence-electron chi connectivity index (χ2n) is 4.46. The van der Waals surface area contributed by atoms with Crippen LogP contribution in [0.2, 0.25) is 0 Å².